The van der Waals surface area contributed by atoms with Gasteiger partial charge in [0, 0.05) is 27.7 Å². The van der Waals surface area contributed by atoms with E-state index in [9.17, 15) is 44.6 Å². The van der Waals surface area contributed by atoms with Gasteiger partial charge < -0.3 is 14.1 Å². The first-order valence-corrected chi connectivity index (χ1v) is 10.5. The molecule has 0 atom stereocenters. The van der Waals surface area contributed by atoms with Gasteiger partial charge in [-0.15, -0.1) is 0 Å². The van der Waals surface area contributed by atoms with E-state index in [-0.39, 0.29) is 34.7 Å². The van der Waals surface area contributed by atoms with Gasteiger partial charge in [0.15, 0.2) is 0 Å². The summed E-state index contributed by atoms with van der Waals surface area (Å²) in [6.45, 7) is 3.04. The summed E-state index contributed by atoms with van der Waals surface area (Å²) in [6, 6.07) is 7.86. The quantitative estimate of drug-likeness (QED) is 0.279. The third kappa shape index (κ3) is 4.56. The van der Waals surface area contributed by atoms with E-state index in [2.05, 4.69) is 4.98 Å². The maximum absolute atomic E-state index is 13.3. The second-order valence-corrected chi connectivity index (χ2v) is 8.45. The van der Waals surface area contributed by atoms with Crippen LogP contribution in [0.5, 0.6) is 0 Å². The zero-order chi connectivity index (χ0) is 27.6. The minimum atomic E-state index is -6.02. The van der Waals surface area contributed by atoms with Crippen molar-refractivity contribution in [2.24, 2.45) is 0 Å². The van der Waals surface area contributed by atoms with E-state index in [0.717, 1.165) is 18.2 Å². The number of benzene rings is 2. The second-order valence-electron chi connectivity index (χ2n) is 8.45. The average Bonchev–Trinajstić information content (AvgIpc) is 3.30. The Morgan fingerprint density at radius 3 is 2.08 bits per heavy atom. The van der Waals surface area contributed by atoms with Gasteiger partial charge in [-0.1, -0.05) is 12.1 Å². The molecule has 0 unspecified atom stereocenters. The van der Waals surface area contributed by atoms with Crippen LogP contribution in [0.4, 0.5) is 39.5 Å². The number of halogens is 9. The zero-order valence-corrected chi connectivity index (χ0v) is 19.0. The second kappa shape index (κ2) is 8.54. The molecule has 37 heavy (non-hydrogen) atoms. The van der Waals surface area contributed by atoms with E-state index in [0.29, 0.717) is 23.5 Å². The average molecular weight is 536 g/mol. The summed E-state index contributed by atoms with van der Waals surface area (Å²) in [4.78, 5) is 4.26. The Kier molecular flexibility index (Phi) is 6.13. The van der Waals surface area contributed by atoms with Crippen molar-refractivity contribution in [1.29, 1.82) is 0 Å². The summed E-state index contributed by atoms with van der Waals surface area (Å²) in [5, 5.41) is 9.70. The standard InChI is InChI=1S/C24H17F9N2O2/c1-12-8-15-10-16(21(36,23(28,29)30)24(31,32)33)6-7-19(15)35(12)11-18-13(2)37-20(34-18)14-4-3-5-17(9-14)22(25,26)27/h3-10,36H,11H2,1-2H3. The summed E-state index contributed by atoms with van der Waals surface area (Å²) in [5.41, 5.74) is -6.30. The molecule has 0 bridgehead atoms. The minimum Gasteiger partial charge on any atom is -0.441 e. The van der Waals surface area contributed by atoms with Crippen LogP contribution < -0.4 is 0 Å². The third-order valence-corrected chi connectivity index (χ3v) is 5.98. The summed E-state index contributed by atoms with van der Waals surface area (Å²) in [6.07, 6.45) is -16.6. The predicted octanol–water partition coefficient (Wildman–Crippen LogP) is 7.29. The van der Waals surface area contributed by atoms with Crippen LogP contribution in [-0.2, 0) is 18.3 Å². The maximum Gasteiger partial charge on any atom is 0.430 e. The molecule has 4 aromatic rings. The molecular weight excluding hydrogens is 519 g/mol. The number of alkyl halides is 9. The van der Waals surface area contributed by atoms with Crippen molar-refractivity contribution >= 4 is 10.9 Å². The van der Waals surface area contributed by atoms with Crippen LogP contribution in [0, 0.1) is 13.8 Å². The molecule has 4 nitrogen and oxygen atoms in total. The number of aliphatic hydroxyl groups is 1. The molecule has 0 spiro atoms. The number of hydrogen-bond donors (Lipinski definition) is 1. The molecule has 198 valence electrons. The first kappa shape index (κ1) is 26.6. The topological polar surface area (TPSA) is 51.2 Å². The van der Waals surface area contributed by atoms with E-state index in [1.165, 1.54) is 25.1 Å². The first-order valence-electron chi connectivity index (χ1n) is 10.5. The molecule has 2 aromatic carbocycles. The van der Waals surface area contributed by atoms with Gasteiger partial charge in [-0.2, -0.15) is 39.5 Å². The summed E-state index contributed by atoms with van der Waals surface area (Å²) in [5.74, 6) is 0.171. The van der Waals surface area contributed by atoms with Crippen LogP contribution in [0.1, 0.15) is 28.3 Å². The molecule has 1 N–H and O–H groups in total. The molecule has 0 amide bonds. The number of aryl methyl sites for hydroxylation is 2. The Morgan fingerprint density at radius 2 is 1.49 bits per heavy atom. The largest absolute Gasteiger partial charge is 0.441 e. The maximum atomic E-state index is 13.3. The molecular formula is C24H17F9N2O2. The SMILES string of the molecule is Cc1oc(-c2cccc(C(F)(F)F)c2)nc1Cn1c(C)cc2cc(C(O)(C(F)(F)F)C(F)(F)F)ccc21. The Balaban J connectivity index is 1.72. The Hall–Kier alpha value is -3.48. The lowest BCUT2D eigenvalue weighted by Gasteiger charge is -2.32. The highest BCUT2D eigenvalue weighted by molar-refractivity contribution is 5.82. The normalized spacial score (nSPS) is 13.5. The van der Waals surface area contributed by atoms with Gasteiger partial charge >= 0.3 is 18.5 Å². The lowest BCUT2D eigenvalue weighted by atomic mass is 9.91. The molecule has 2 aromatic heterocycles. The van der Waals surface area contributed by atoms with E-state index in [1.807, 2.05) is 0 Å². The van der Waals surface area contributed by atoms with Crippen LogP contribution in [0.15, 0.2) is 52.9 Å². The lowest BCUT2D eigenvalue weighted by molar-refractivity contribution is -0.376. The minimum absolute atomic E-state index is 0.00109. The molecule has 0 saturated carbocycles. The van der Waals surface area contributed by atoms with Gasteiger partial charge in [-0.3, -0.25) is 0 Å². The molecule has 0 fully saturated rings. The Bertz CT molecular complexity index is 1450. The van der Waals surface area contributed by atoms with Gasteiger partial charge in [0.25, 0.3) is 5.60 Å². The third-order valence-electron chi connectivity index (χ3n) is 5.98. The Morgan fingerprint density at radius 1 is 0.838 bits per heavy atom. The highest BCUT2D eigenvalue weighted by atomic mass is 19.4. The molecule has 0 aliphatic rings. The fraction of sp³-hybridized carbons (Fsp3) is 0.292. The van der Waals surface area contributed by atoms with E-state index in [4.69, 9.17) is 4.42 Å². The van der Waals surface area contributed by atoms with Gasteiger partial charge in [-0.05, 0) is 50.2 Å². The molecule has 0 saturated heterocycles. The molecule has 0 aliphatic carbocycles. The number of fused-ring (bicyclic) bond motifs is 1. The first-order chi connectivity index (χ1) is 16.9. The molecule has 0 radical (unpaired) electrons. The van der Waals surface area contributed by atoms with Crippen LogP contribution in [0.2, 0.25) is 0 Å². The van der Waals surface area contributed by atoms with Crippen molar-refractivity contribution in [1.82, 2.24) is 9.55 Å². The molecule has 13 heteroatoms. The number of hydrogen-bond acceptors (Lipinski definition) is 3. The highest BCUT2D eigenvalue weighted by Crippen LogP contribution is 2.50. The van der Waals surface area contributed by atoms with Gasteiger partial charge in [0.05, 0.1) is 12.1 Å². The fourth-order valence-electron chi connectivity index (χ4n) is 4.01. The van der Waals surface area contributed by atoms with Gasteiger partial charge in [0.2, 0.25) is 5.89 Å². The van der Waals surface area contributed by atoms with E-state index in [1.54, 1.807) is 11.5 Å². The van der Waals surface area contributed by atoms with Crippen molar-refractivity contribution in [3.63, 3.8) is 0 Å². The van der Waals surface area contributed by atoms with Gasteiger partial charge in [-0.25, -0.2) is 4.98 Å². The van der Waals surface area contributed by atoms with Crippen molar-refractivity contribution in [2.75, 3.05) is 0 Å². The lowest BCUT2D eigenvalue weighted by Crippen LogP contribution is -2.53. The van der Waals surface area contributed by atoms with Crippen molar-refractivity contribution in [2.45, 2.75) is 44.5 Å². The van der Waals surface area contributed by atoms with Crippen molar-refractivity contribution < 1.29 is 49.0 Å². The van der Waals surface area contributed by atoms with Crippen LogP contribution in [0.3, 0.4) is 0 Å². The van der Waals surface area contributed by atoms with Crippen molar-refractivity contribution in [3.8, 4) is 11.5 Å². The van der Waals surface area contributed by atoms with Crippen LogP contribution in [-0.4, -0.2) is 27.0 Å². The highest BCUT2D eigenvalue weighted by Gasteiger charge is 2.71. The van der Waals surface area contributed by atoms with Crippen LogP contribution in [0.25, 0.3) is 22.4 Å². The fourth-order valence-corrected chi connectivity index (χ4v) is 4.01. The number of rotatable bonds is 4. The number of aromatic nitrogens is 2. The molecule has 4 rings (SSSR count). The van der Waals surface area contributed by atoms with Crippen LogP contribution >= 0.6 is 0 Å². The molecule has 0 aliphatic heterocycles. The predicted molar refractivity (Wildman–Crippen MR) is 113 cm³/mol. The van der Waals surface area contributed by atoms with E-state index >= 15 is 0 Å². The summed E-state index contributed by atoms with van der Waals surface area (Å²) in [7, 11) is 0. The zero-order valence-electron chi connectivity index (χ0n) is 19.0. The summed E-state index contributed by atoms with van der Waals surface area (Å²) < 4.78 is 126. The van der Waals surface area contributed by atoms with Gasteiger partial charge in [0.1, 0.15) is 11.5 Å². The monoisotopic (exact) mass is 536 g/mol. The number of oxazole rings is 1. The Labute approximate surface area is 202 Å². The summed E-state index contributed by atoms with van der Waals surface area (Å²) >= 11 is 0. The van der Waals surface area contributed by atoms with E-state index < -0.39 is 35.3 Å². The number of nitrogens with zero attached hydrogens (tertiary/aromatic N) is 2. The molecule has 2 heterocycles. The van der Waals surface area contributed by atoms with Crippen molar-refractivity contribution in [3.05, 3.63) is 76.8 Å². The smallest absolute Gasteiger partial charge is 0.430 e.